The van der Waals surface area contributed by atoms with Crippen LogP contribution < -0.4 is 11.1 Å². The number of benzene rings is 1. The second kappa shape index (κ2) is 4.82. The maximum Gasteiger partial charge on any atom is 0.0548 e. The van der Waals surface area contributed by atoms with E-state index in [4.69, 9.17) is 17.3 Å². The number of H-pyrrole nitrogens is 1. The Bertz CT molecular complexity index is 518. The number of aromatic amines is 1. The third kappa shape index (κ3) is 2.62. The van der Waals surface area contributed by atoms with Crippen LogP contribution in [0.3, 0.4) is 0 Å². The second-order valence-electron chi connectivity index (χ2n) is 4.14. The van der Waals surface area contributed by atoms with Gasteiger partial charge in [0.2, 0.25) is 0 Å². The van der Waals surface area contributed by atoms with Crippen LogP contribution in [0.5, 0.6) is 0 Å². The van der Waals surface area contributed by atoms with Crippen LogP contribution in [0.4, 0.5) is 0 Å². The summed E-state index contributed by atoms with van der Waals surface area (Å²) in [6.45, 7) is 6.94. The van der Waals surface area contributed by atoms with E-state index >= 15 is 0 Å². The SMILES string of the molecule is C=C(CN)NCc1cc2cc(Cl)c(C)cc2[nH]1. The first-order chi connectivity index (χ1) is 8.10. The van der Waals surface area contributed by atoms with E-state index in [-0.39, 0.29) is 0 Å². The molecule has 0 radical (unpaired) electrons. The first-order valence-electron chi connectivity index (χ1n) is 5.49. The molecule has 0 amide bonds. The minimum Gasteiger partial charge on any atom is -0.382 e. The number of halogens is 1. The molecule has 3 nitrogen and oxygen atoms in total. The van der Waals surface area contributed by atoms with Gasteiger partial charge in [-0.1, -0.05) is 18.2 Å². The van der Waals surface area contributed by atoms with Gasteiger partial charge < -0.3 is 16.0 Å². The zero-order valence-electron chi connectivity index (χ0n) is 9.81. The van der Waals surface area contributed by atoms with Crippen molar-refractivity contribution in [2.24, 2.45) is 5.73 Å². The van der Waals surface area contributed by atoms with Gasteiger partial charge in [0.25, 0.3) is 0 Å². The Hall–Kier alpha value is -1.45. The predicted octanol–water partition coefficient (Wildman–Crippen LogP) is 2.69. The average Bonchev–Trinajstić information content (AvgIpc) is 2.68. The number of nitrogens with two attached hydrogens (primary N) is 1. The average molecular weight is 250 g/mol. The van der Waals surface area contributed by atoms with E-state index in [2.05, 4.69) is 29.0 Å². The van der Waals surface area contributed by atoms with Gasteiger partial charge in [-0.15, -0.1) is 0 Å². The summed E-state index contributed by atoms with van der Waals surface area (Å²) in [6, 6.07) is 6.11. The number of rotatable bonds is 4. The molecular weight excluding hydrogens is 234 g/mol. The van der Waals surface area contributed by atoms with Gasteiger partial charge in [0.05, 0.1) is 6.54 Å². The van der Waals surface area contributed by atoms with E-state index < -0.39 is 0 Å². The summed E-state index contributed by atoms with van der Waals surface area (Å²) in [5.41, 5.74) is 9.56. The molecule has 1 aromatic heterocycles. The molecule has 2 aromatic rings. The number of aromatic nitrogens is 1. The highest BCUT2D eigenvalue weighted by Crippen LogP contribution is 2.23. The van der Waals surface area contributed by atoms with Gasteiger partial charge in [-0.3, -0.25) is 0 Å². The topological polar surface area (TPSA) is 53.8 Å². The Morgan fingerprint density at radius 3 is 2.94 bits per heavy atom. The molecule has 90 valence electrons. The highest BCUT2D eigenvalue weighted by molar-refractivity contribution is 6.32. The molecule has 0 atom stereocenters. The minimum absolute atomic E-state index is 0.450. The highest BCUT2D eigenvalue weighted by Gasteiger charge is 2.04. The van der Waals surface area contributed by atoms with Crippen LogP contribution in [0.15, 0.2) is 30.5 Å². The number of hydrogen-bond donors (Lipinski definition) is 3. The molecule has 0 unspecified atom stereocenters. The molecule has 2 rings (SSSR count). The smallest absolute Gasteiger partial charge is 0.0548 e. The molecule has 0 saturated carbocycles. The fourth-order valence-electron chi connectivity index (χ4n) is 1.71. The quantitative estimate of drug-likeness (QED) is 0.780. The van der Waals surface area contributed by atoms with Gasteiger partial charge in [0.1, 0.15) is 0 Å². The van der Waals surface area contributed by atoms with Gasteiger partial charge in [-0.25, -0.2) is 0 Å². The van der Waals surface area contributed by atoms with Crippen LogP contribution in [0.1, 0.15) is 11.3 Å². The maximum atomic E-state index is 6.09. The number of hydrogen-bond acceptors (Lipinski definition) is 2. The fraction of sp³-hybridized carbons (Fsp3) is 0.231. The lowest BCUT2D eigenvalue weighted by molar-refractivity contribution is 0.776. The maximum absolute atomic E-state index is 6.09. The van der Waals surface area contributed by atoms with Gasteiger partial charge in [-0.2, -0.15) is 0 Å². The zero-order valence-corrected chi connectivity index (χ0v) is 10.6. The molecule has 4 heteroatoms. The van der Waals surface area contributed by atoms with Gasteiger partial charge in [0.15, 0.2) is 0 Å². The molecule has 0 saturated heterocycles. The van der Waals surface area contributed by atoms with Crippen LogP contribution in [-0.4, -0.2) is 11.5 Å². The van der Waals surface area contributed by atoms with E-state index in [1.807, 2.05) is 13.0 Å². The Morgan fingerprint density at radius 1 is 1.47 bits per heavy atom. The van der Waals surface area contributed by atoms with Crippen LogP contribution >= 0.6 is 11.6 Å². The molecule has 0 aliphatic heterocycles. The van der Waals surface area contributed by atoms with Crippen LogP contribution in [0.2, 0.25) is 5.02 Å². The van der Waals surface area contributed by atoms with Gasteiger partial charge in [0, 0.05) is 33.9 Å². The van der Waals surface area contributed by atoms with Crippen molar-refractivity contribution in [3.63, 3.8) is 0 Å². The lowest BCUT2D eigenvalue weighted by atomic mass is 10.2. The monoisotopic (exact) mass is 249 g/mol. The Labute approximate surface area is 106 Å². The van der Waals surface area contributed by atoms with Crippen molar-refractivity contribution in [3.8, 4) is 0 Å². The van der Waals surface area contributed by atoms with Crippen molar-refractivity contribution < 1.29 is 0 Å². The molecule has 0 bridgehead atoms. The summed E-state index contributed by atoms with van der Waals surface area (Å²) in [6.07, 6.45) is 0. The van der Waals surface area contributed by atoms with Crippen molar-refractivity contribution in [3.05, 3.63) is 46.8 Å². The molecule has 0 fully saturated rings. The summed E-state index contributed by atoms with van der Waals surface area (Å²) in [4.78, 5) is 3.34. The van der Waals surface area contributed by atoms with E-state index in [1.165, 1.54) is 0 Å². The molecule has 0 aliphatic rings. The number of nitrogens with one attached hydrogen (secondary N) is 2. The lowest BCUT2D eigenvalue weighted by Gasteiger charge is -2.04. The van der Waals surface area contributed by atoms with E-state index in [9.17, 15) is 0 Å². The van der Waals surface area contributed by atoms with Gasteiger partial charge in [-0.05, 0) is 30.7 Å². The standard InChI is InChI=1S/C13H16ClN3/c1-8-3-13-10(5-12(8)14)4-11(17-13)7-16-9(2)6-15/h3-5,16-17H,2,6-7,15H2,1H3. The third-order valence-electron chi connectivity index (χ3n) is 2.73. The second-order valence-corrected chi connectivity index (χ2v) is 4.55. The summed E-state index contributed by atoms with van der Waals surface area (Å²) in [7, 11) is 0. The van der Waals surface area contributed by atoms with Crippen molar-refractivity contribution >= 4 is 22.5 Å². The number of fused-ring (bicyclic) bond motifs is 1. The summed E-state index contributed by atoms with van der Waals surface area (Å²) in [5, 5.41) is 5.07. The first kappa shape index (κ1) is 12.0. The Balaban J connectivity index is 2.23. The van der Waals surface area contributed by atoms with E-state index in [0.717, 1.165) is 32.9 Å². The van der Waals surface area contributed by atoms with E-state index in [1.54, 1.807) is 0 Å². The normalized spacial score (nSPS) is 10.8. The van der Waals surface area contributed by atoms with Crippen LogP contribution in [0, 0.1) is 6.92 Å². The summed E-state index contributed by atoms with van der Waals surface area (Å²) >= 11 is 6.09. The van der Waals surface area contributed by atoms with Crippen LogP contribution in [0.25, 0.3) is 10.9 Å². The molecule has 0 aliphatic carbocycles. The van der Waals surface area contributed by atoms with Crippen molar-refractivity contribution in [2.75, 3.05) is 6.54 Å². The molecule has 0 spiro atoms. The molecule has 1 aromatic carbocycles. The predicted molar refractivity (Wildman–Crippen MR) is 73.1 cm³/mol. The highest BCUT2D eigenvalue weighted by atomic mass is 35.5. The van der Waals surface area contributed by atoms with Crippen molar-refractivity contribution in [1.82, 2.24) is 10.3 Å². The van der Waals surface area contributed by atoms with Crippen molar-refractivity contribution in [2.45, 2.75) is 13.5 Å². The fourth-order valence-corrected chi connectivity index (χ4v) is 1.88. The lowest BCUT2D eigenvalue weighted by Crippen LogP contribution is -2.18. The zero-order chi connectivity index (χ0) is 12.4. The molecule has 4 N–H and O–H groups in total. The largest absolute Gasteiger partial charge is 0.382 e. The minimum atomic E-state index is 0.450. The number of aryl methyl sites for hydroxylation is 1. The summed E-state index contributed by atoms with van der Waals surface area (Å²) in [5.74, 6) is 0. The molecule has 17 heavy (non-hydrogen) atoms. The Morgan fingerprint density at radius 2 is 2.24 bits per heavy atom. The molecular formula is C13H16ClN3. The Kier molecular flexibility index (Phi) is 3.41. The van der Waals surface area contributed by atoms with E-state index in [0.29, 0.717) is 13.1 Å². The van der Waals surface area contributed by atoms with Crippen LogP contribution in [-0.2, 0) is 6.54 Å². The van der Waals surface area contributed by atoms with Gasteiger partial charge >= 0.3 is 0 Å². The third-order valence-corrected chi connectivity index (χ3v) is 3.14. The van der Waals surface area contributed by atoms with Crippen molar-refractivity contribution in [1.29, 1.82) is 0 Å². The molecule has 1 heterocycles. The summed E-state index contributed by atoms with van der Waals surface area (Å²) < 4.78 is 0. The first-order valence-corrected chi connectivity index (χ1v) is 5.87.